The van der Waals surface area contributed by atoms with Gasteiger partial charge in [0.15, 0.2) is 6.61 Å². The molecule has 1 fully saturated rings. The fourth-order valence-electron chi connectivity index (χ4n) is 3.30. The monoisotopic (exact) mass is 370 g/mol. The molecular formula is C20H26N4O3. The highest BCUT2D eigenvalue weighted by Gasteiger charge is 2.15. The summed E-state index contributed by atoms with van der Waals surface area (Å²) >= 11 is 0. The van der Waals surface area contributed by atoms with Crippen molar-refractivity contribution in [1.29, 1.82) is 5.26 Å². The quantitative estimate of drug-likeness (QED) is 0.802. The van der Waals surface area contributed by atoms with Crippen LogP contribution in [0.2, 0.25) is 0 Å². The number of hydrogen-bond acceptors (Lipinski definition) is 7. The van der Waals surface area contributed by atoms with Crippen LogP contribution in [0, 0.1) is 32.1 Å². The molecule has 1 aliphatic rings. The third-order valence-corrected chi connectivity index (χ3v) is 4.54. The molecule has 1 aromatic heterocycles. The Labute approximate surface area is 159 Å². The Morgan fingerprint density at radius 1 is 1.22 bits per heavy atom. The number of nitriles is 1. The van der Waals surface area contributed by atoms with Gasteiger partial charge in [0.2, 0.25) is 17.5 Å². The largest absolute Gasteiger partial charge is 0.483 e. The van der Waals surface area contributed by atoms with E-state index in [0.717, 1.165) is 49.7 Å². The highest BCUT2D eigenvalue weighted by molar-refractivity contribution is 5.45. The van der Waals surface area contributed by atoms with E-state index in [1.807, 2.05) is 13.8 Å². The first-order valence-electron chi connectivity index (χ1n) is 9.21. The number of rotatable bonds is 7. The Bertz CT molecular complexity index is 796. The highest BCUT2D eigenvalue weighted by Crippen LogP contribution is 2.26. The maximum absolute atomic E-state index is 9.30. The van der Waals surface area contributed by atoms with Crippen molar-refractivity contribution in [3.63, 3.8) is 0 Å². The molecule has 0 saturated carbocycles. The number of aryl methyl sites for hydroxylation is 3. The number of oxazole rings is 1. The van der Waals surface area contributed by atoms with Gasteiger partial charge >= 0.3 is 0 Å². The normalized spacial score (nSPS) is 14.7. The van der Waals surface area contributed by atoms with Gasteiger partial charge in [-0.3, -0.25) is 4.90 Å². The lowest BCUT2D eigenvalue weighted by Crippen LogP contribution is -2.39. The second kappa shape index (κ2) is 8.89. The van der Waals surface area contributed by atoms with Crippen LogP contribution in [-0.2, 0) is 11.3 Å². The molecule has 0 spiro atoms. The molecule has 1 aromatic carbocycles. The molecule has 3 rings (SSSR count). The number of ether oxygens (including phenoxy) is 2. The number of hydrogen-bond donors (Lipinski definition) is 1. The molecule has 0 bridgehead atoms. The van der Waals surface area contributed by atoms with Crippen LogP contribution < -0.4 is 10.1 Å². The number of morpholine rings is 1. The van der Waals surface area contributed by atoms with E-state index in [1.165, 1.54) is 5.56 Å². The van der Waals surface area contributed by atoms with Gasteiger partial charge < -0.3 is 19.2 Å². The molecule has 2 aromatic rings. The van der Waals surface area contributed by atoms with E-state index in [0.29, 0.717) is 18.3 Å². The summed E-state index contributed by atoms with van der Waals surface area (Å²) in [6.07, 6.45) is 0. The van der Waals surface area contributed by atoms with Crippen molar-refractivity contribution in [3.05, 3.63) is 40.4 Å². The van der Waals surface area contributed by atoms with E-state index in [4.69, 9.17) is 13.9 Å². The third kappa shape index (κ3) is 5.00. The summed E-state index contributed by atoms with van der Waals surface area (Å²) in [6, 6.07) is 6.24. The first-order chi connectivity index (χ1) is 13.1. The SMILES string of the molecule is Cc1cc(C)c(OCc2nc(C#N)c(NCCN3CCOCC3)o2)c(C)c1. The van der Waals surface area contributed by atoms with Gasteiger partial charge in [0.1, 0.15) is 11.8 Å². The van der Waals surface area contributed by atoms with Crippen LogP contribution in [0.15, 0.2) is 16.5 Å². The second-order valence-corrected chi connectivity index (χ2v) is 6.79. The third-order valence-electron chi connectivity index (χ3n) is 4.54. The van der Waals surface area contributed by atoms with Gasteiger partial charge in [0.25, 0.3) is 0 Å². The number of aromatic nitrogens is 1. The van der Waals surface area contributed by atoms with E-state index >= 15 is 0 Å². The van der Waals surface area contributed by atoms with Crippen molar-refractivity contribution < 1.29 is 13.9 Å². The summed E-state index contributed by atoms with van der Waals surface area (Å²) in [5, 5.41) is 12.5. The fourth-order valence-corrected chi connectivity index (χ4v) is 3.30. The van der Waals surface area contributed by atoms with Crippen LogP contribution in [0.4, 0.5) is 5.88 Å². The lowest BCUT2D eigenvalue weighted by atomic mass is 10.1. The molecule has 144 valence electrons. The minimum absolute atomic E-state index is 0.185. The van der Waals surface area contributed by atoms with Crippen molar-refractivity contribution in [3.8, 4) is 11.8 Å². The average Bonchev–Trinajstić information content (AvgIpc) is 3.04. The predicted octanol–water partition coefficient (Wildman–Crippen LogP) is 2.79. The Kier molecular flexibility index (Phi) is 6.32. The van der Waals surface area contributed by atoms with Crippen molar-refractivity contribution in [2.45, 2.75) is 27.4 Å². The summed E-state index contributed by atoms with van der Waals surface area (Å²) < 4.78 is 17.0. The van der Waals surface area contributed by atoms with Gasteiger partial charge in [0, 0.05) is 26.2 Å². The van der Waals surface area contributed by atoms with Gasteiger partial charge in [-0.1, -0.05) is 17.7 Å². The van der Waals surface area contributed by atoms with Crippen molar-refractivity contribution >= 4 is 5.88 Å². The van der Waals surface area contributed by atoms with E-state index in [-0.39, 0.29) is 12.3 Å². The molecule has 0 amide bonds. The summed E-state index contributed by atoms with van der Waals surface area (Å²) in [5.74, 6) is 1.63. The standard InChI is InChI=1S/C20H26N4O3/c1-14-10-15(2)19(16(3)11-14)26-13-18-23-17(12-21)20(27-18)22-4-5-24-6-8-25-9-7-24/h10-11,22H,4-9,13H2,1-3H3. The lowest BCUT2D eigenvalue weighted by Gasteiger charge is -2.26. The van der Waals surface area contributed by atoms with Gasteiger partial charge in [-0.15, -0.1) is 0 Å². The first-order valence-corrected chi connectivity index (χ1v) is 9.21. The Morgan fingerprint density at radius 3 is 2.59 bits per heavy atom. The zero-order chi connectivity index (χ0) is 19.2. The summed E-state index contributed by atoms with van der Waals surface area (Å²) in [7, 11) is 0. The zero-order valence-corrected chi connectivity index (χ0v) is 16.2. The maximum Gasteiger partial charge on any atom is 0.236 e. The topological polar surface area (TPSA) is 83.5 Å². The van der Waals surface area contributed by atoms with Gasteiger partial charge in [-0.25, -0.2) is 0 Å². The van der Waals surface area contributed by atoms with Crippen LogP contribution in [0.3, 0.4) is 0 Å². The van der Waals surface area contributed by atoms with Crippen LogP contribution >= 0.6 is 0 Å². The molecule has 1 saturated heterocycles. The summed E-state index contributed by atoms with van der Waals surface area (Å²) in [4.78, 5) is 6.55. The number of nitrogens with one attached hydrogen (secondary N) is 1. The molecule has 1 aliphatic heterocycles. The number of benzene rings is 1. The first kappa shape index (κ1) is 19.2. The minimum atomic E-state index is 0.185. The Hall–Kier alpha value is -2.56. The van der Waals surface area contributed by atoms with E-state index in [1.54, 1.807) is 0 Å². The molecule has 0 unspecified atom stereocenters. The van der Waals surface area contributed by atoms with E-state index in [2.05, 4.69) is 40.3 Å². The highest BCUT2D eigenvalue weighted by atomic mass is 16.5. The zero-order valence-electron chi connectivity index (χ0n) is 16.2. The molecule has 0 aliphatic carbocycles. The van der Waals surface area contributed by atoms with Crippen molar-refractivity contribution in [1.82, 2.24) is 9.88 Å². The van der Waals surface area contributed by atoms with E-state index in [9.17, 15) is 5.26 Å². The Morgan fingerprint density at radius 2 is 1.93 bits per heavy atom. The lowest BCUT2D eigenvalue weighted by molar-refractivity contribution is 0.0398. The molecule has 7 heteroatoms. The summed E-state index contributed by atoms with van der Waals surface area (Å²) in [5.41, 5.74) is 3.60. The molecule has 2 heterocycles. The van der Waals surface area contributed by atoms with Gasteiger partial charge in [-0.2, -0.15) is 10.2 Å². The van der Waals surface area contributed by atoms with Crippen molar-refractivity contribution in [2.24, 2.45) is 0 Å². The van der Waals surface area contributed by atoms with E-state index < -0.39 is 0 Å². The molecule has 7 nitrogen and oxygen atoms in total. The average molecular weight is 370 g/mol. The van der Waals surface area contributed by atoms with Crippen LogP contribution in [0.5, 0.6) is 5.75 Å². The molecule has 27 heavy (non-hydrogen) atoms. The summed E-state index contributed by atoms with van der Waals surface area (Å²) in [6.45, 7) is 11.2. The van der Waals surface area contributed by atoms with Gasteiger partial charge in [0.05, 0.1) is 13.2 Å². The number of anilines is 1. The van der Waals surface area contributed by atoms with Crippen molar-refractivity contribution in [2.75, 3.05) is 44.7 Å². The fraction of sp³-hybridized carbons (Fsp3) is 0.500. The number of nitrogens with zero attached hydrogens (tertiary/aromatic N) is 3. The van der Waals surface area contributed by atoms with Crippen LogP contribution in [0.1, 0.15) is 28.3 Å². The molecule has 0 radical (unpaired) electrons. The van der Waals surface area contributed by atoms with Crippen LogP contribution in [-0.4, -0.2) is 49.3 Å². The Balaban J connectivity index is 1.58. The molecule has 1 N–H and O–H groups in total. The molecular weight excluding hydrogens is 344 g/mol. The second-order valence-electron chi connectivity index (χ2n) is 6.79. The minimum Gasteiger partial charge on any atom is -0.483 e. The predicted molar refractivity (Wildman–Crippen MR) is 102 cm³/mol. The molecule has 0 atom stereocenters. The van der Waals surface area contributed by atoms with Gasteiger partial charge in [-0.05, 0) is 31.9 Å². The smallest absolute Gasteiger partial charge is 0.236 e. The van der Waals surface area contributed by atoms with Crippen LogP contribution in [0.25, 0.3) is 0 Å². The maximum atomic E-state index is 9.30.